The van der Waals surface area contributed by atoms with Gasteiger partial charge in [-0.25, -0.2) is 24.0 Å². The summed E-state index contributed by atoms with van der Waals surface area (Å²) in [6, 6.07) is 10.0. The van der Waals surface area contributed by atoms with E-state index >= 15 is 0 Å². The molecule has 1 aliphatic heterocycles. The van der Waals surface area contributed by atoms with Crippen molar-refractivity contribution in [2.45, 2.75) is 19.0 Å². The Kier molecular flexibility index (Phi) is 3.82. The van der Waals surface area contributed by atoms with Crippen molar-refractivity contribution in [2.24, 2.45) is 0 Å². The first-order valence-electron chi connectivity index (χ1n) is 8.86. The lowest BCUT2D eigenvalue weighted by Crippen LogP contribution is -2.16. The molecule has 0 saturated heterocycles. The maximum atomic E-state index is 14.1. The molecule has 8 heteroatoms. The molecule has 0 bridgehead atoms. The summed E-state index contributed by atoms with van der Waals surface area (Å²) in [6.07, 6.45) is 4.82. The number of carbonyl (C=O) groups is 1. The van der Waals surface area contributed by atoms with Crippen LogP contribution in [-0.2, 0) is 17.8 Å². The Bertz CT molecular complexity index is 1200. The van der Waals surface area contributed by atoms with Crippen molar-refractivity contribution in [1.82, 2.24) is 24.7 Å². The topological polar surface area (TPSA) is 85.6 Å². The van der Waals surface area contributed by atoms with Crippen molar-refractivity contribution < 1.29 is 9.18 Å². The summed E-state index contributed by atoms with van der Waals surface area (Å²) in [6.45, 7) is 0.247. The Labute approximate surface area is 159 Å². The second kappa shape index (κ2) is 6.49. The number of hydrogen-bond donors (Lipinski definition) is 1. The van der Waals surface area contributed by atoms with Crippen LogP contribution in [0.2, 0.25) is 0 Å². The van der Waals surface area contributed by atoms with E-state index in [0.717, 1.165) is 17.2 Å². The fourth-order valence-electron chi connectivity index (χ4n) is 3.41. The van der Waals surface area contributed by atoms with Crippen LogP contribution in [0.1, 0.15) is 11.1 Å². The van der Waals surface area contributed by atoms with E-state index in [4.69, 9.17) is 0 Å². The van der Waals surface area contributed by atoms with E-state index in [1.54, 1.807) is 35.3 Å². The van der Waals surface area contributed by atoms with Crippen molar-refractivity contribution in [3.63, 3.8) is 0 Å². The van der Waals surface area contributed by atoms with Crippen LogP contribution in [0.3, 0.4) is 0 Å². The number of halogens is 1. The van der Waals surface area contributed by atoms with Gasteiger partial charge in [-0.05, 0) is 18.2 Å². The van der Waals surface area contributed by atoms with Crippen molar-refractivity contribution in [3.05, 3.63) is 65.7 Å². The molecule has 0 radical (unpaired) electrons. The fourth-order valence-corrected chi connectivity index (χ4v) is 3.41. The van der Waals surface area contributed by atoms with Crippen LogP contribution in [0.15, 0.2) is 48.8 Å². The van der Waals surface area contributed by atoms with E-state index in [0.29, 0.717) is 35.0 Å². The number of aldehydes is 1. The van der Waals surface area contributed by atoms with Crippen LogP contribution >= 0.6 is 0 Å². The molecule has 4 heterocycles. The van der Waals surface area contributed by atoms with E-state index in [9.17, 15) is 9.18 Å². The predicted octanol–water partition coefficient (Wildman–Crippen LogP) is 2.61. The third-order valence-corrected chi connectivity index (χ3v) is 4.79. The molecule has 7 nitrogen and oxygen atoms in total. The SMILES string of the molecule is O=CC1Cc2cnc(-c3nn(Cc4ccccc4F)c4ncccc34)nc2N1. The zero-order chi connectivity index (χ0) is 19.1. The van der Waals surface area contributed by atoms with Crippen molar-refractivity contribution >= 4 is 23.1 Å². The summed E-state index contributed by atoms with van der Waals surface area (Å²) >= 11 is 0. The predicted molar refractivity (Wildman–Crippen MR) is 101 cm³/mol. The molecule has 0 amide bonds. The Morgan fingerprint density at radius 2 is 2.11 bits per heavy atom. The molecule has 0 fully saturated rings. The fraction of sp³-hybridized carbons (Fsp3) is 0.150. The van der Waals surface area contributed by atoms with E-state index in [1.807, 2.05) is 12.1 Å². The maximum Gasteiger partial charge on any atom is 0.182 e. The lowest BCUT2D eigenvalue weighted by molar-refractivity contribution is -0.108. The molecule has 1 aromatic carbocycles. The van der Waals surface area contributed by atoms with Gasteiger partial charge in [0.2, 0.25) is 0 Å². The molecule has 3 aromatic heterocycles. The largest absolute Gasteiger partial charge is 0.360 e. The molecule has 0 aliphatic carbocycles. The van der Waals surface area contributed by atoms with Gasteiger partial charge in [0.05, 0.1) is 18.0 Å². The summed E-state index contributed by atoms with van der Waals surface area (Å²) in [5, 5.41) is 8.48. The van der Waals surface area contributed by atoms with Gasteiger partial charge in [-0.1, -0.05) is 18.2 Å². The number of fused-ring (bicyclic) bond motifs is 2. The van der Waals surface area contributed by atoms with Gasteiger partial charge in [0.25, 0.3) is 0 Å². The van der Waals surface area contributed by atoms with Gasteiger partial charge in [0, 0.05) is 29.9 Å². The van der Waals surface area contributed by atoms with Gasteiger partial charge < -0.3 is 10.1 Å². The average Bonchev–Trinajstić information content (AvgIpc) is 3.30. The number of aromatic nitrogens is 5. The second-order valence-corrected chi connectivity index (χ2v) is 6.63. The first-order valence-corrected chi connectivity index (χ1v) is 8.86. The smallest absolute Gasteiger partial charge is 0.182 e. The maximum absolute atomic E-state index is 14.1. The molecule has 28 heavy (non-hydrogen) atoms. The first-order chi connectivity index (χ1) is 13.7. The molecule has 1 aliphatic rings. The summed E-state index contributed by atoms with van der Waals surface area (Å²) < 4.78 is 15.8. The molecular weight excluding hydrogens is 359 g/mol. The molecular formula is C20H15FN6O. The molecule has 1 atom stereocenters. The van der Waals surface area contributed by atoms with E-state index in [2.05, 4.69) is 25.4 Å². The van der Waals surface area contributed by atoms with Crippen LogP contribution in [-0.4, -0.2) is 37.1 Å². The number of carbonyl (C=O) groups excluding carboxylic acids is 1. The summed E-state index contributed by atoms with van der Waals surface area (Å²) in [4.78, 5) is 24.4. The summed E-state index contributed by atoms with van der Waals surface area (Å²) in [5.41, 5.74) is 2.62. The van der Waals surface area contributed by atoms with Crippen LogP contribution in [0.4, 0.5) is 10.2 Å². The lowest BCUT2D eigenvalue weighted by Gasteiger charge is -2.04. The quantitative estimate of drug-likeness (QED) is 0.553. The summed E-state index contributed by atoms with van der Waals surface area (Å²) in [7, 11) is 0. The number of nitrogens with one attached hydrogen (secondary N) is 1. The third kappa shape index (κ3) is 2.70. The van der Waals surface area contributed by atoms with Gasteiger partial charge in [-0.3, -0.25) is 0 Å². The van der Waals surface area contributed by atoms with Crippen LogP contribution < -0.4 is 5.32 Å². The minimum absolute atomic E-state index is 0.247. The molecule has 1 unspecified atom stereocenters. The average molecular weight is 374 g/mol. The highest BCUT2D eigenvalue weighted by atomic mass is 19.1. The monoisotopic (exact) mass is 374 g/mol. The van der Waals surface area contributed by atoms with Crippen molar-refractivity contribution in [1.29, 1.82) is 0 Å². The molecule has 4 aromatic rings. The Hall–Kier alpha value is -3.68. The van der Waals surface area contributed by atoms with Crippen LogP contribution in [0.5, 0.6) is 0 Å². The highest BCUT2D eigenvalue weighted by molar-refractivity contribution is 5.89. The highest BCUT2D eigenvalue weighted by Crippen LogP contribution is 2.29. The van der Waals surface area contributed by atoms with Gasteiger partial charge in [-0.2, -0.15) is 5.10 Å². The number of hydrogen-bond acceptors (Lipinski definition) is 6. The van der Waals surface area contributed by atoms with Gasteiger partial charge in [0.1, 0.15) is 23.6 Å². The van der Waals surface area contributed by atoms with Gasteiger partial charge in [-0.15, -0.1) is 0 Å². The standard InChI is InChI=1S/C20H15FN6O/c21-16-6-2-1-4-12(16)10-27-20-15(5-3-7-22-20)17(26-27)19-23-9-13-8-14(11-28)24-18(13)25-19/h1-7,9,11,14H,8,10H2,(H,23,24,25). The number of pyridine rings is 1. The zero-order valence-electron chi connectivity index (χ0n) is 14.7. The number of anilines is 1. The number of nitrogens with zero attached hydrogens (tertiary/aromatic N) is 5. The third-order valence-electron chi connectivity index (χ3n) is 4.79. The highest BCUT2D eigenvalue weighted by Gasteiger charge is 2.24. The van der Waals surface area contributed by atoms with E-state index < -0.39 is 0 Å². The minimum Gasteiger partial charge on any atom is -0.360 e. The molecule has 1 N–H and O–H groups in total. The molecule has 5 rings (SSSR count). The van der Waals surface area contributed by atoms with Crippen molar-refractivity contribution in [2.75, 3.05) is 5.32 Å². The summed E-state index contributed by atoms with van der Waals surface area (Å²) in [5.74, 6) is 0.785. The number of benzene rings is 1. The molecule has 0 spiro atoms. The van der Waals surface area contributed by atoms with E-state index in [-0.39, 0.29) is 18.4 Å². The Morgan fingerprint density at radius 1 is 1.21 bits per heavy atom. The molecule has 0 saturated carbocycles. The van der Waals surface area contributed by atoms with Crippen LogP contribution in [0.25, 0.3) is 22.6 Å². The normalized spacial score (nSPS) is 15.4. The van der Waals surface area contributed by atoms with Crippen LogP contribution in [0, 0.1) is 5.82 Å². The van der Waals surface area contributed by atoms with E-state index in [1.165, 1.54) is 6.07 Å². The van der Waals surface area contributed by atoms with Gasteiger partial charge in [0.15, 0.2) is 11.5 Å². The first kappa shape index (κ1) is 16.5. The lowest BCUT2D eigenvalue weighted by atomic mass is 10.2. The second-order valence-electron chi connectivity index (χ2n) is 6.63. The Balaban J connectivity index is 1.60. The Morgan fingerprint density at radius 3 is 2.96 bits per heavy atom. The number of rotatable bonds is 4. The van der Waals surface area contributed by atoms with Gasteiger partial charge >= 0.3 is 0 Å². The van der Waals surface area contributed by atoms with Crippen molar-refractivity contribution in [3.8, 4) is 11.5 Å². The molecule has 138 valence electrons. The zero-order valence-corrected chi connectivity index (χ0v) is 14.7. The minimum atomic E-state index is -0.290.